The van der Waals surface area contributed by atoms with E-state index in [1.165, 1.54) is 57.8 Å². The van der Waals surface area contributed by atoms with Gasteiger partial charge in [0, 0.05) is 23.8 Å². The topological polar surface area (TPSA) is 46.2 Å². The molecule has 3 heteroatoms. The Labute approximate surface area is 183 Å². The third-order valence-corrected chi connectivity index (χ3v) is 9.85. The highest BCUT2D eigenvalue weighted by Crippen LogP contribution is 2.65. The van der Waals surface area contributed by atoms with Gasteiger partial charge in [-0.25, -0.2) is 0 Å². The number of amides is 1. The van der Waals surface area contributed by atoms with Crippen molar-refractivity contribution in [2.75, 3.05) is 0 Å². The van der Waals surface area contributed by atoms with Crippen LogP contribution in [0.25, 0.3) is 0 Å². The van der Waals surface area contributed by atoms with Gasteiger partial charge in [-0.3, -0.25) is 9.59 Å². The summed E-state index contributed by atoms with van der Waals surface area (Å²) in [5.41, 5.74) is 0.310. The van der Waals surface area contributed by atoms with Crippen LogP contribution >= 0.6 is 0 Å². The van der Waals surface area contributed by atoms with E-state index in [9.17, 15) is 9.59 Å². The summed E-state index contributed by atoms with van der Waals surface area (Å²) in [6.45, 7) is 7.09. The summed E-state index contributed by atoms with van der Waals surface area (Å²) < 4.78 is 0. The Morgan fingerprint density at radius 3 is 2.57 bits per heavy atom. The number of hydrogen-bond donors (Lipinski definition) is 1. The van der Waals surface area contributed by atoms with Crippen molar-refractivity contribution in [3.05, 3.63) is 12.2 Å². The molecular formula is C27H43NO2. The van der Waals surface area contributed by atoms with Gasteiger partial charge in [-0.15, -0.1) is 0 Å². The molecular weight excluding hydrogens is 370 g/mol. The number of ketones is 1. The van der Waals surface area contributed by atoms with Crippen LogP contribution in [0.1, 0.15) is 104 Å². The highest BCUT2D eigenvalue weighted by atomic mass is 16.1. The summed E-state index contributed by atoms with van der Waals surface area (Å²) in [6.07, 6.45) is 19.4. The van der Waals surface area contributed by atoms with Crippen molar-refractivity contribution in [2.24, 2.45) is 34.5 Å². The van der Waals surface area contributed by atoms with Crippen LogP contribution in [0, 0.1) is 34.5 Å². The van der Waals surface area contributed by atoms with Crippen LogP contribution < -0.4 is 5.32 Å². The van der Waals surface area contributed by atoms with E-state index in [4.69, 9.17) is 0 Å². The highest BCUT2D eigenvalue weighted by molar-refractivity contribution is 5.89. The Morgan fingerprint density at radius 2 is 1.77 bits per heavy atom. The first-order chi connectivity index (χ1) is 14.4. The van der Waals surface area contributed by atoms with Gasteiger partial charge in [-0.2, -0.15) is 0 Å². The number of rotatable bonds is 8. The zero-order chi connectivity index (χ0) is 21.4. The number of carbonyl (C=O) groups is 2. The number of fused-ring (bicyclic) bond motifs is 5. The average Bonchev–Trinajstić information content (AvgIpc) is 3.08. The van der Waals surface area contributed by atoms with Gasteiger partial charge in [0.15, 0.2) is 0 Å². The lowest BCUT2D eigenvalue weighted by Crippen LogP contribution is -2.59. The van der Waals surface area contributed by atoms with Crippen molar-refractivity contribution in [2.45, 2.75) is 110 Å². The molecule has 1 amide bonds. The fraction of sp³-hybridized carbons (Fsp3) is 0.852. The van der Waals surface area contributed by atoms with Crippen LogP contribution in [0.15, 0.2) is 12.2 Å². The van der Waals surface area contributed by atoms with Crippen molar-refractivity contribution < 1.29 is 9.59 Å². The van der Waals surface area contributed by atoms with Gasteiger partial charge in [-0.1, -0.05) is 59.0 Å². The van der Waals surface area contributed by atoms with E-state index >= 15 is 0 Å². The Balaban J connectivity index is 1.40. The maximum Gasteiger partial charge on any atom is 0.243 e. The molecule has 3 saturated carbocycles. The number of nitrogens with one attached hydrogen (secondary N) is 1. The predicted octanol–water partition coefficient (Wildman–Crippen LogP) is 6.22. The van der Waals surface area contributed by atoms with Gasteiger partial charge in [0.25, 0.3) is 0 Å². The molecule has 168 valence electrons. The lowest BCUT2D eigenvalue weighted by atomic mass is 9.47. The summed E-state index contributed by atoms with van der Waals surface area (Å²) >= 11 is 0. The first kappa shape index (κ1) is 22.1. The van der Waals surface area contributed by atoms with Crippen molar-refractivity contribution in [3.63, 3.8) is 0 Å². The SMILES string of the molecule is CCCCCCCCC(=O)C1CC[C@H]2[C@@H]3CCC4NC(=O)C=C[C@]4(C)[C@@H]3CC[C@]12C. The molecule has 1 N–H and O–H groups in total. The minimum Gasteiger partial charge on any atom is -0.349 e. The van der Waals surface area contributed by atoms with E-state index < -0.39 is 0 Å². The molecule has 1 aliphatic heterocycles. The van der Waals surface area contributed by atoms with E-state index in [0.29, 0.717) is 29.6 Å². The molecule has 3 aliphatic carbocycles. The summed E-state index contributed by atoms with van der Waals surface area (Å²) in [6, 6.07) is 0.298. The maximum absolute atomic E-state index is 13.2. The number of unbranched alkanes of at least 4 members (excludes halogenated alkanes) is 5. The van der Waals surface area contributed by atoms with Crippen LogP contribution in [-0.2, 0) is 9.59 Å². The van der Waals surface area contributed by atoms with Gasteiger partial charge >= 0.3 is 0 Å². The smallest absolute Gasteiger partial charge is 0.243 e. The first-order valence-electron chi connectivity index (χ1n) is 12.9. The van der Waals surface area contributed by atoms with Gasteiger partial charge in [-0.05, 0) is 74.2 Å². The van der Waals surface area contributed by atoms with Gasteiger partial charge in [0.05, 0.1) is 0 Å². The minimum atomic E-state index is 0.0813. The third kappa shape index (κ3) is 3.79. The lowest BCUT2D eigenvalue weighted by molar-refractivity contribution is -0.132. The van der Waals surface area contributed by atoms with Crippen LogP contribution in [0.2, 0.25) is 0 Å². The molecule has 1 heterocycles. The van der Waals surface area contributed by atoms with Crippen LogP contribution in [0.3, 0.4) is 0 Å². The van der Waals surface area contributed by atoms with Crippen molar-refractivity contribution in [1.29, 1.82) is 0 Å². The molecule has 3 fully saturated rings. The van der Waals surface area contributed by atoms with Gasteiger partial charge < -0.3 is 5.32 Å². The van der Waals surface area contributed by atoms with Crippen molar-refractivity contribution in [1.82, 2.24) is 5.32 Å². The fourth-order valence-corrected chi connectivity index (χ4v) is 8.12. The Hall–Kier alpha value is -1.12. The average molecular weight is 414 g/mol. The van der Waals surface area contributed by atoms with Crippen LogP contribution in [-0.4, -0.2) is 17.7 Å². The molecule has 7 atom stereocenters. The zero-order valence-corrected chi connectivity index (χ0v) is 19.6. The molecule has 30 heavy (non-hydrogen) atoms. The lowest BCUT2D eigenvalue weighted by Gasteiger charge is -2.58. The molecule has 0 radical (unpaired) electrons. The van der Waals surface area contributed by atoms with E-state index in [2.05, 4.69) is 32.2 Å². The summed E-state index contributed by atoms with van der Waals surface area (Å²) in [4.78, 5) is 25.1. The first-order valence-corrected chi connectivity index (χ1v) is 12.9. The minimum absolute atomic E-state index is 0.0813. The molecule has 0 spiro atoms. The molecule has 4 rings (SSSR count). The number of Topliss-reactive ketones (excluding diaryl/α,β-unsaturated/α-hetero) is 1. The molecule has 0 aromatic heterocycles. The molecule has 4 aliphatic rings. The Morgan fingerprint density at radius 1 is 1.00 bits per heavy atom. The number of hydrogen-bond acceptors (Lipinski definition) is 2. The summed E-state index contributed by atoms with van der Waals surface area (Å²) in [5, 5.41) is 3.25. The molecule has 0 aromatic rings. The predicted molar refractivity (Wildman–Crippen MR) is 122 cm³/mol. The largest absolute Gasteiger partial charge is 0.349 e. The van der Waals surface area contributed by atoms with E-state index in [1.54, 1.807) is 6.08 Å². The van der Waals surface area contributed by atoms with Crippen molar-refractivity contribution in [3.8, 4) is 0 Å². The van der Waals surface area contributed by atoms with Crippen LogP contribution in [0.4, 0.5) is 0 Å². The quantitative estimate of drug-likeness (QED) is 0.480. The maximum atomic E-state index is 13.2. The zero-order valence-electron chi connectivity index (χ0n) is 19.6. The third-order valence-electron chi connectivity index (χ3n) is 9.85. The normalized spacial score (nSPS) is 42.2. The van der Waals surface area contributed by atoms with Gasteiger partial charge in [0.1, 0.15) is 5.78 Å². The Bertz CT molecular complexity index is 684. The highest BCUT2D eigenvalue weighted by Gasteiger charge is 2.60. The second-order valence-electron chi connectivity index (χ2n) is 11.4. The molecule has 2 unspecified atom stereocenters. The fourth-order valence-electron chi connectivity index (χ4n) is 8.12. The summed E-state index contributed by atoms with van der Waals surface area (Å²) in [7, 11) is 0. The number of carbonyl (C=O) groups excluding carboxylic acids is 2. The molecule has 0 saturated heterocycles. The standard InChI is InChI=1S/C27H43NO2/c1-4-5-6-7-8-9-10-23(29)22-13-12-20-19-11-14-24-27(3,18-16-25(30)28-24)21(19)15-17-26(20,22)2/h16,18-22,24H,4-15,17H2,1-3H3,(H,28,30)/t19-,20-,21+,22?,24?,26-,27+/m0/s1. The van der Waals surface area contributed by atoms with Gasteiger partial charge in [0.2, 0.25) is 5.91 Å². The molecule has 3 nitrogen and oxygen atoms in total. The van der Waals surface area contributed by atoms with E-state index in [0.717, 1.165) is 31.6 Å². The van der Waals surface area contributed by atoms with Crippen LogP contribution in [0.5, 0.6) is 0 Å². The van der Waals surface area contributed by atoms with E-state index in [1.807, 2.05) is 0 Å². The summed E-state index contributed by atoms with van der Waals surface area (Å²) in [5.74, 6) is 3.01. The molecule has 0 bridgehead atoms. The van der Waals surface area contributed by atoms with E-state index in [-0.39, 0.29) is 16.7 Å². The molecule has 0 aromatic carbocycles. The second-order valence-corrected chi connectivity index (χ2v) is 11.4. The monoisotopic (exact) mass is 413 g/mol. The second kappa shape index (κ2) is 8.79. The van der Waals surface area contributed by atoms with Crippen molar-refractivity contribution >= 4 is 11.7 Å². The Kier molecular flexibility index (Phi) is 6.47.